The van der Waals surface area contributed by atoms with E-state index in [0.29, 0.717) is 18.6 Å². The Hall–Kier alpha value is -1.75. The molecular weight excluding hydrogens is 256 g/mol. The highest BCUT2D eigenvalue weighted by molar-refractivity contribution is 5.98. The Balaban J connectivity index is 1.74. The van der Waals surface area contributed by atoms with Gasteiger partial charge in [0.1, 0.15) is 5.75 Å². The van der Waals surface area contributed by atoms with Crippen LogP contribution in [0.1, 0.15) is 19.8 Å². The van der Waals surface area contributed by atoms with Gasteiger partial charge in [0.15, 0.2) is 6.10 Å². The molecule has 1 aliphatic carbocycles. The molecule has 5 nitrogen and oxygen atoms in total. The lowest BCUT2D eigenvalue weighted by Crippen LogP contribution is -2.34. The summed E-state index contributed by atoms with van der Waals surface area (Å²) in [6.07, 6.45) is 2.07. The van der Waals surface area contributed by atoms with Crippen molar-refractivity contribution < 1.29 is 14.3 Å². The van der Waals surface area contributed by atoms with E-state index in [2.05, 4.69) is 10.6 Å². The lowest BCUT2D eigenvalue weighted by molar-refractivity contribution is -0.122. The van der Waals surface area contributed by atoms with Gasteiger partial charge < -0.3 is 20.1 Å². The van der Waals surface area contributed by atoms with Crippen molar-refractivity contribution in [2.24, 2.45) is 5.92 Å². The maximum Gasteiger partial charge on any atom is 0.265 e. The quantitative estimate of drug-likeness (QED) is 0.866. The molecule has 2 N–H and O–H groups in total. The van der Waals surface area contributed by atoms with Crippen LogP contribution in [-0.4, -0.2) is 31.8 Å². The predicted molar refractivity (Wildman–Crippen MR) is 77.2 cm³/mol. The highest BCUT2D eigenvalue weighted by Gasteiger charge is 2.31. The number of nitrogens with one attached hydrogen (secondary N) is 2. The second-order valence-electron chi connectivity index (χ2n) is 5.50. The molecule has 3 rings (SSSR count). The van der Waals surface area contributed by atoms with Gasteiger partial charge in [0.2, 0.25) is 0 Å². The smallest absolute Gasteiger partial charge is 0.265 e. The van der Waals surface area contributed by atoms with E-state index in [1.165, 1.54) is 12.8 Å². The highest BCUT2D eigenvalue weighted by Crippen LogP contribution is 2.36. The number of methoxy groups -OCH3 is 1. The molecule has 1 heterocycles. The monoisotopic (exact) mass is 276 g/mol. The third-order valence-corrected chi connectivity index (χ3v) is 3.80. The summed E-state index contributed by atoms with van der Waals surface area (Å²) >= 11 is 0. The second kappa shape index (κ2) is 5.32. The van der Waals surface area contributed by atoms with Crippen LogP contribution in [0.25, 0.3) is 0 Å². The Bertz CT molecular complexity index is 514. The van der Waals surface area contributed by atoms with Crippen molar-refractivity contribution in [1.82, 2.24) is 0 Å². The van der Waals surface area contributed by atoms with E-state index in [1.807, 2.05) is 18.2 Å². The zero-order valence-electron chi connectivity index (χ0n) is 11.8. The molecule has 2 atom stereocenters. The molecule has 2 unspecified atom stereocenters. The standard InChI is InChI=1S/C15H20N2O3/c1-9-15(18)17-12-7-11(5-6-14(12)20-9)16-13(8-19-2)10-3-4-10/h5-7,9-10,13,16H,3-4,8H2,1-2H3,(H,17,18). The van der Waals surface area contributed by atoms with Crippen LogP contribution in [0, 0.1) is 5.92 Å². The fourth-order valence-corrected chi connectivity index (χ4v) is 2.49. The molecule has 108 valence electrons. The molecule has 1 aromatic rings. The Morgan fingerprint density at radius 3 is 3.00 bits per heavy atom. The van der Waals surface area contributed by atoms with E-state index in [9.17, 15) is 4.79 Å². The van der Waals surface area contributed by atoms with Crippen LogP contribution in [0.2, 0.25) is 0 Å². The van der Waals surface area contributed by atoms with Crippen LogP contribution in [0.4, 0.5) is 11.4 Å². The summed E-state index contributed by atoms with van der Waals surface area (Å²) in [5.41, 5.74) is 1.71. The van der Waals surface area contributed by atoms with Gasteiger partial charge in [-0.2, -0.15) is 0 Å². The Kier molecular flexibility index (Phi) is 3.53. The van der Waals surface area contributed by atoms with Gasteiger partial charge in [0.25, 0.3) is 5.91 Å². The second-order valence-corrected chi connectivity index (χ2v) is 5.50. The summed E-state index contributed by atoms with van der Waals surface area (Å²) in [5, 5.41) is 6.35. The van der Waals surface area contributed by atoms with E-state index in [0.717, 1.165) is 17.1 Å². The van der Waals surface area contributed by atoms with Gasteiger partial charge in [-0.25, -0.2) is 0 Å². The number of ether oxygens (including phenoxy) is 2. The first-order chi connectivity index (χ1) is 9.67. The van der Waals surface area contributed by atoms with Gasteiger partial charge in [-0.15, -0.1) is 0 Å². The third kappa shape index (κ3) is 2.72. The molecule has 1 amide bonds. The molecule has 0 radical (unpaired) electrons. The summed E-state index contributed by atoms with van der Waals surface area (Å²) in [4.78, 5) is 11.6. The molecule has 0 spiro atoms. The molecule has 2 aliphatic rings. The van der Waals surface area contributed by atoms with Crippen molar-refractivity contribution in [2.75, 3.05) is 24.4 Å². The van der Waals surface area contributed by atoms with Gasteiger partial charge in [-0.3, -0.25) is 4.79 Å². The molecule has 5 heteroatoms. The summed E-state index contributed by atoms with van der Waals surface area (Å²) < 4.78 is 10.8. The number of amides is 1. The number of hydrogen-bond donors (Lipinski definition) is 2. The van der Waals surface area contributed by atoms with Crippen molar-refractivity contribution in [2.45, 2.75) is 31.9 Å². The molecule has 1 aromatic carbocycles. The number of benzene rings is 1. The summed E-state index contributed by atoms with van der Waals surface area (Å²) in [6.45, 7) is 2.44. The molecule has 1 aliphatic heterocycles. The lowest BCUT2D eigenvalue weighted by Gasteiger charge is -2.25. The van der Waals surface area contributed by atoms with E-state index in [1.54, 1.807) is 14.0 Å². The van der Waals surface area contributed by atoms with Crippen molar-refractivity contribution in [3.8, 4) is 5.75 Å². The average Bonchev–Trinajstić information content (AvgIpc) is 3.24. The van der Waals surface area contributed by atoms with Crippen LogP contribution >= 0.6 is 0 Å². The van der Waals surface area contributed by atoms with Crippen LogP contribution in [0.3, 0.4) is 0 Å². The zero-order valence-corrected chi connectivity index (χ0v) is 11.8. The molecule has 1 fully saturated rings. The normalized spacial score (nSPS) is 22.5. The van der Waals surface area contributed by atoms with Crippen molar-refractivity contribution in [1.29, 1.82) is 0 Å². The molecule has 0 aromatic heterocycles. The van der Waals surface area contributed by atoms with Crippen molar-refractivity contribution in [3.05, 3.63) is 18.2 Å². The fourth-order valence-electron chi connectivity index (χ4n) is 2.49. The van der Waals surface area contributed by atoms with Crippen LogP contribution < -0.4 is 15.4 Å². The van der Waals surface area contributed by atoms with E-state index < -0.39 is 6.10 Å². The number of fused-ring (bicyclic) bond motifs is 1. The fraction of sp³-hybridized carbons (Fsp3) is 0.533. The van der Waals surface area contributed by atoms with E-state index in [4.69, 9.17) is 9.47 Å². The van der Waals surface area contributed by atoms with Crippen LogP contribution in [-0.2, 0) is 9.53 Å². The largest absolute Gasteiger partial charge is 0.479 e. The van der Waals surface area contributed by atoms with Crippen molar-refractivity contribution >= 4 is 17.3 Å². The minimum absolute atomic E-state index is 0.106. The highest BCUT2D eigenvalue weighted by atomic mass is 16.5. The maximum absolute atomic E-state index is 11.6. The number of rotatable bonds is 5. The average molecular weight is 276 g/mol. The van der Waals surface area contributed by atoms with E-state index >= 15 is 0 Å². The molecule has 0 bridgehead atoms. The maximum atomic E-state index is 11.6. The van der Waals surface area contributed by atoms with Crippen LogP contribution in [0.15, 0.2) is 18.2 Å². The van der Waals surface area contributed by atoms with Crippen molar-refractivity contribution in [3.63, 3.8) is 0 Å². The zero-order chi connectivity index (χ0) is 14.1. The summed E-state index contributed by atoms with van der Waals surface area (Å²) in [7, 11) is 1.72. The Morgan fingerprint density at radius 1 is 1.50 bits per heavy atom. The summed E-state index contributed by atoms with van der Waals surface area (Å²) in [6, 6.07) is 6.12. The predicted octanol–water partition coefficient (Wildman–Crippen LogP) is 2.24. The van der Waals surface area contributed by atoms with Gasteiger partial charge in [-0.1, -0.05) is 0 Å². The number of carbonyl (C=O) groups is 1. The van der Waals surface area contributed by atoms with Gasteiger partial charge >= 0.3 is 0 Å². The first-order valence-corrected chi connectivity index (χ1v) is 7.04. The Morgan fingerprint density at radius 2 is 2.30 bits per heavy atom. The third-order valence-electron chi connectivity index (χ3n) is 3.80. The minimum atomic E-state index is -0.436. The molecular formula is C15H20N2O3. The van der Waals surface area contributed by atoms with E-state index in [-0.39, 0.29) is 5.91 Å². The Labute approximate surface area is 118 Å². The van der Waals surface area contributed by atoms with Gasteiger partial charge in [0, 0.05) is 12.8 Å². The molecule has 1 saturated carbocycles. The van der Waals surface area contributed by atoms with Crippen LogP contribution in [0.5, 0.6) is 5.75 Å². The first kappa shape index (κ1) is 13.2. The molecule has 20 heavy (non-hydrogen) atoms. The van der Waals surface area contributed by atoms with Gasteiger partial charge in [0.05, 0.1) is 18.3 Å². The number of anilines is 2. The topological polar surface area (TPSA) is 59.6 Å². The molecule has 0 saturated heterocycles. The number of hydrogen-bond acceptors (Lipinski definition) is 4. The minimum Gasteiger partial charge on any atom is -0.479 e. The summed E-state index contributed by atoms with van der Waals surface area (Å²) in [5.74, 6) is 1.31. The SMILES string of the molecule is COCC(Nc1ccc2c(c1)NC(=O)C(C)O2)C1CC1. The van der Waals surface area contributed by atoms with Gasteiger partial charge in [-0.05, 0) is 43.9 Å². The first-order valence-electron chi connectivity index (χ1n) is 7.04. The lowest BCUT2D eigenvalue weighted by atomic mass is 10.1. The number of carbonyl (C=O) groups excluding carboxylic acids is 1.